The van der Waals surface area contributed by atoms with Crippen molar-refractivity contribution >= 4 is 19.8 Å². The number of carbonyl (C=O) groups excluding carboxylic acids is 2. The first kappa shape index (κ1) is 71.2. The van der Waals surface area contributed by atoms with Crippen molar-refractivity contribution in [3.8, 4) is 0 Å². The quantitative estimate of drug-likeness (QED) is 0.0264. The van der Waals surface area contributed by atoms with Gasteiger partial charge in [-0.2, -0.15) is 0 Å². The average molecular weight is 1050 g/mol. The molecule has 0 aromatic rings. The minimum atomic E-state index is -4.39. The van der Waals surface area contributed by atoms with Crippen LogP contribution >= 0.6 is 7.82 Å². The molecule has 0 amide bonds. The number of phosphoric ester groups is 1. The highest BCUT2D eigenvalue weighted by atomic mass is 31.2. The van der Waals surface area contributed by atoms with Gasteiger partial charge in [0.25, 0.3) is 0 Å². The van der Waals surface area contributed by atoms with Gasteiger partial charge >= 0.3 is 19.8 Å². The van der Waals surface area contributed by atoms with Gasteiger partial charge in [0.2, 0.25) is 0 Å². The molecule has 0 aromatic heterocycles. The van der Waals surface area contributed by atoms with Crippen molar-refractivity contribution in [1.82, 2.24) is 0 Å². The zero-order valence-corrected chi connectivity index (χ0v) is 49.0. The third-order valence-corrected chi connectivity index (χ3v) is 15.0. The second kappa shape index (κ2) is 59.5. The molecule has 2 unspecified atom stereocenters. The summed E-state index contributed by atoms with van der Waals surface area (Å²) in [4.78, 5) is 35.2. The summed E-state index contributed by atoms with van der Waals surface area (Å²) >= 11 is 0. The Kier molecular flexibility index (Phi) is 58.0. The largest absolute Gasteiger partial charge is 0.472 e. The molecule has 3 N–H and O–H groups in total. The summed E-state index contributed by atoms with van der Waals surface area (Å²) < 4.78 is 33.1. The molecule has 0 spiro atoms. The van der Waals surface area contributed by atoms with E-state index in [2.05, 4.69) is 50.3 Å². The topological polar surface area (TPSA) is 134 Å². The molecule has 10 heteroatoms. The second-order valence-electron chi connectivity index (χ2n) is 21.3. The Morgan fingerprint density at radius 3 is 1.08 bits per heavy atom. The SMILES string of the molecule is CCCCC/C=C\C/C=C\CCCCCCCCCCCC(=O)OC(COC(=O)CCCCCCCCCCCCCCCCCCCCCCC/C=C\CCCCCCCCCC)COP(=O)(O)OCCN. The van der Waals surface area contributed by atoms with Crippen LogP contribution in [0.2, 0.25) is 0 Å². The molecule has 9 nitrogen and oxygen atoms in total. The summed E-state index contributed by atoms with van der Waals surface area (Å²) in [5, 5.41) is 0. The van der Waals surface area contributed by atoms with Gasteiger partial charge in [0.1, 0.15) is 6.61 Å². The van der Waals surface area contributed by atoms with Gasteiger partial charge in [-0.1, -0.05) is 275 Å². The van der Waals surface area contributed by atoms with Crippen LogP contribution in [-0.4, -0.2) is 49.3 Å². The maximum atomic E-state index is 12.7. The van der Waals surface area contributed by atoms with E-state index in [1.807, 2.05) is 0 Å². The van der Waals surface area contributed by atoms with Crippen LogP contribution in [0.1, 0.15) is 322 Å². The summed E-state index contributed by atoms with van der Waals surface area (Å²) in [5.41, 5.74) is 5.39. The van der Waals surface area contributed by atoms with Crippen LogP contribution in [0.5, 0.6) is 0 Å². The minimum Gasteiger partial charge on any atom is -0.462 e. The number of hydrogen-bond acceptors (Lipinski definition) is 8. The number of phosphoric acid groups is 1. The lowest BCUT2D eigenvalue weighted by Crippen LogP contribution is -2.29. The molecule has 0 rings (SSSR count). The minimum absolute atomic E-state index is 0.0540. The van der Waals surface area contributed by atoms with Crippen molar-refractivity contribution in [1.29, 1.82) is 0 Å². The Bertz CT molecular complexity index is 1290. The number of nitrogens with two attached hydrogens (primary N) is 1. The molecule has 430 valence electrons. The first-order valence-corrected chi connectivity index (χ1v) is 33.0. The van der Waals surface area contributed by atoms with Crippen molar-refractivity contribution in [3.63, 3.8) is 0 Å². The Morgan fingerprint density at radius 2 is 0.712 bits per heavy atom. The van der Waals surface area contributed by atoms with Gasteiger partial charge in [-0.15, -0.1) is 0 Å². The van der Waals surface area contributed by atoms with Crippen LogP contribution in [0.3, 0.4) is 0 Å². The second-order valence-corrected chi connectivity index (χ2v) is 22.7. The zero-order chi connectivity index (χ0) is 53.1. The molecule has 0 heterocycles. The van der Waals surface area contributed by atoms with E-state index in [0.717, 1.165) is 51.4 Å². The first-order valence-electron chi connectivity index (χ1n) is 31.5. The molecular formula is C63H120NO8P. The van der Waals surface area contributed by atoms with Gasteiger partial charge in [0.05, 0.1) is 13.2 Å². The van der Waals surface area contributed by atoms with Gasteiger partial charge in [0.15, 0.2) is 6.10 Å². The molecule has 0 radical (unpaired) electrons. The van der Waals surface area contributed by atoms with Crippen LogP contribution in [0.25, 0.3) is 0 Å². The fourth-order valence-corrected chi connectivity index (χ4v) is 10.1. The van der Waals surface area contributed by atoms with Crippen LogP contribution < -0.4 is 5.73 Å². The molecule has 0 saturated carbocycles. The predicted octanol–water partition coefficient (Wildman–Crippen LogP) is 20.0. The Labute approximate surface area is 452 Å². The van der Waals surface area contributed by atoms with Crippen LogP contribution in [0, 0.1) is 0 Å². The lowest BCUT2D eigenvalue weighted by atomic mass is 10.0. The van der Waals surface area contributed by atoms with E-state index in [4.69, 9.17) is 24.3 Å². The first-order chi connectivity index (χ1) is 35.8. The standard InChI is InChI=1S/C63H120NO8P/c1-3-5-7-9-11-13-15-17-19-21-23-24-25-26-27-28-29-30-31-32-33-34-35-36-38-39-41-43-45-47-49-51-53-55-62(65)69-59-61(60-71-73(67,68)70-58-57-64)72-63(66)56-54-52-50-48-46-44-42-40-37-22-20-18-16-14-12-10-8-6-4-2/h12,14,18,20-21,23,61H,3-11,13,15-17,19,22,24-60,64H2,1-2H3,(H,67,68)/b14-12-,20-18-,23-21-. The maximum absolute atomic E-state index is 12.7. The highest BCUT2D eigenvalue weighted by molar-refractivity contribution is 7.47. The van der Waals surface area contributed by atoms with Crippen molar-refractivity contribution in [2.24, 2.45) is 5.73 Å². The molecular weight excluding hydrogens is 930 g/mol. The smallest absolute Gasteiger partial charge is 0.462 e. The number of ether oxygens (including phenoxy) is 2. The average Bonchev–Trinajstić information content (AvgIpc) is 3.38. The molecule has 73 heavy (non-hydrogen) atoms. The van der Waals surface area contributed by atoms with Crippen LogP contribution in [-0.2, 0) is 32.7 Å². The van der Waals surface area contributed by atoms with E-state index >= 15 is 0 Å². The number of hydrogen-bond donors (Lipinski definition) is 2. The van der Waals surface area contributed by atoms with Crippen molar-refractivity contribution in [2.75, 3.05) is 26.4 Å². The lowest BCUT2D eigenvalue weighted by molar-refractivity contribution is -0.161. The van der Waals surface area contributed by atoms with E-state index in [-0.39, 0.29) is 38.6 Å². The van der Waals surface area contributed by atoms with Crippen LogP contribution in [0.4, 0.5) is 0 Å². The summed E-state index contributed by atoms with van der Waals surface area (Å²) in [6.07, 6.45) is 72.2. The Morgan fingerprint density at radius 1 is 0.411 bits per heavy atom. The van der Waals surface area contributed by atoms with E-state index in [9.17, 15) is 19.0 Å². The normalized spacial score (nSPS) is 13.2. The molecule has 0 aliphatic carbocycles. The van der Waals surface area contributed by atoms with E-state index in [1.54, 1.807) is 0 Å². The molecule has 0 fully saturated rings. The molecule has 0 aliphatic rings. The molecule has 0 bridgehead atoms. The number of allylic oxidation sites excluding steroid dienone is 6. The van der Waals surface area contributed by atoms with Crippen molar-refractivity contribution in [2.45, 2.75) is 328 Å². The van der Waals surface area contributed by atoms with E-state index in [1.165, 1.54) is 238 Å². The van der Waals surface area contributed by atoms with Gasteiger partial charge in [-0.05, 0) is 70.6 Å². The summed E-state index contributed by atoms with van der Waals surface area (Å²) in [6, 6.07) is 0. The maximum Gasteiger partial charge on any atom is 0.472 e. The van der Waals surface area contributed by atoms with Crippen LogP contribution in [0.15, 0.2) is 36.5 Å². The van der Waals surface area contributed by atoms with E-state index in [0.29, 0.717) is 6.42 Å². The van der Waals surface area contributed by atoms with Gasteiger partial charge in [0, 0.05) is 19.4 Å². The number of rotatable bonds is 60. The highest BCUT2D eigenvalue weighted by Crippen LogP contribution is 2.43. The monoisotopic (exact) mass is 1050 g/mol. The summed E-state index contributed by atoms with van der Waals surface area (Å²) in [6.45, 7) is 3.76. The van der Waals surface area contributed by atoms with Gasteiger partial charge in [-0.3, -0.25) is 18.6 Å². The molecule has 2 atom stereocenters. The fourth-order valence-electron chi connectivity index (χ4n) is 9.31. The third kappa shape index (κ3) is 59.3. The third-order valence-electron chi connectivity index (χ3n) is 14.0. The summed E-state index contributed by atoms with van der Waals surface area (Å²) in [7, 11) is -4.39. The molecule has 0 aromatic carbocycles. The van der Waals surface area contributed by atoms with Crippen molar-refractivity contribution in [3.05, 3.63) is 36.5 Å². The highest BCUT2D eigenvalue weighted by Gasteiger charge is 2.26. The van der Waals surface area contributed by atoms with E-state index < -0.39 is 26.5 Å². The molecule has 0 aliphatic heterocycles. The Balaban J connectivity index is 3.83. The number of esters is 2. The van der Waals surface area contributed by atoms with Gasteiger partial charge < -0.3 is 20.1 Å². The summed E-state index contributed by atoms with van der Waals surface area (Å²) in [5.74, 6) is -0.817. The predicted molar refractivity (Wildman–Crippen MR) is 312 cm³/mol. The lowest BCUT2D eigenvalue weighted by Gasteiger charge is -2.19. The van der Waals surface area contributed by atoms with Crippen molar-refractivity contribution < 1.29 is 37.6 Å². The number of unbranched alkanes of at least 4 members (excludes halogenated alkanes) is 41. The Hall–Kier alpha value is -1.77. The van der Waals surface area contributed by atoms with Gasteiger partial charge in [-0.25, -0.2) is 4.57 Å². The fraction of sp³-hybridized carbons (Fsp3) is 0.873. The number of carbonyl (C=O) groups is 2. The molecule has 0 saturated heterocycles. The zero-order valence-electron chi connectivity index (χ0n) is 48.1.